The van der Waals surface area contributed by atoms with Gasteiger partial charge in [-0.15, -0.1) is 0 Å². The van der Waals surface area contributed by atoms with Crippen LogP contribution in [-0.4, -0.2) is 21.3 Å². The van der Waals surface area contributed by atoms with Crippen LogP contribution in [0.4, 0.5) is 4.39 Å². The Kier molecular flexibility index (Phi) is 4.04. The Morgan fingerprint density at radius 3 is 2.83 bits per heavy atom. The predicted octanol–water partition coefficient (Wildman–Crippen LogP) is 2.14. The monoisotopic (exact) mass is 248 g/mol. The highest BCUT2D eigenvalue weighted by Gasteiger charge is 2.18. The van der Waals surface area contributed by atoms with Gasteiger partial charge in [0.1, 0.15) is 5.82 Å². The lowest BCUT2D eigenvalue weighted by Gasteiger charge is -2.17. The van der Waals surface area contributed by atoms with E-state index in [1.165, 1.54) is 6.20 Å². The van der Waals surface area contributed by atoms with Crippen molar-refractivity contribution in [3.8, 4) is 0 Å². The van der Waals surface area contributed by atoms with Gasteiger partial charge in [0.25, 0.3) is 0 Å². The van der Waals surface area contributed by atoms with Crippen molar-refractivity contribution in [1.29, 1.82) is 0 Å². The molecular weight excluding hydrogens is 231 g/mol. The van der Waals surface area contributed by atoms with E-state index in [-0.39, 0.29) is 11.9 Å². The van der Waals surface area contributed by atoms with Gasteiger partial charge in [-0.1, -0.05) is 6.92 Å². The summed E-state index contributed by atoms with van der Waals surface area (Å²) in [7, 11) is 0. The van der Waals surface area contributed by atoms with Gasteiger partial charge in [-0.2, -0.15) is 5.10 Å². The molecule has 0 fully saturated rings. The molecule has 0 saturated heterocycles. The zero-order chi connectivity index (χ0) is 13.0. The lowest BCUT2D eigenvalue weighted by atomic mass is 10.0. The average Bonchev–Trinajstić information content (AvgIpc) is 2.85. The first-order chi connectivity index (χ1) is 8.76. The van der Waals surface area contributed by atoms with E-state index in [0.717, 1.165) is 18.7 Å². The lowest BCUT2D eigenvalue weighted by molar-refractivity contribution is 0.554. The molecule has 4 nitrogen and oxygen atoms in total. The number of nitrogens with one attached hydrogen (secondary N) is 1. The summed E-state index contributed by atoms with van der Waals surface area (Å²) in [4.78, 5) is 3.78. The number of pyridine rings is 1. The maximum Gasteiger partial charge on any atom is 0.146 e. The quantitative estimate of drug-likeness (QED) is 0.881. The molecule has 2 heterocycles. The normalized spacial score (nSPS) is 12.6. The molecule has 0 bridgehead atoms. The molecule has 0 radical (unpaired) electrons. The highest BCUT2D eigenvalue weighted by atomic mass is 19.1. The summed E-state index contributed by atoms with van der Waals surface area (Å²) in [5.74, 6) is -0.298. The van der Waals surface area contributed by atoms with Crippen LogP contribution in [-0.2, 0) is 6.54 Å². The fourth-order valence-electron chi connectivity index (χ4n) is 1.93. The number of halogens is 1. The Hall–Kier alpha value is -1.75. The molecule has 0 aliphatic heterocycles. The summed E-state index contributed by atoms with van der Waals surface area (Å²) in [5.41, 5.74) is 1.56. The summed E-state index contributed by atoms with van der Waals surface area (Å²) in [5, 5.41) is 7.50. The number of nitrogens with zero attached hydrogens (tertiary/aromatic N) is 3. The fourth-order valence-corrected chi connectivity index (χ4v) is 1.93. The molecule has 0 spiro atoms. The van der Waals surface area contributed by atoms with Gasteiger partial charge in [0.15, 0.2) is 0 Å². The molecule has 1 atom stereocenters. The van der Waals surface area contributed by atoms with E-state index in [9.17, 15) is 4.39 Å². The van der Waals surface area contributed by atoms with Crippen molar-refractivity contribution >= 4 is 0 Å². The molecule has 2 rings (SSSR count). The fraction of sp³-hybridized carbons (Fsp3) is 0.385. The third-order valence-electron chi connectivity index (χ3n) is 2.83. The number of aromatic nitrogens is 3. The van der Waals surface area contributed by atoms with Crippen LogP contribution in [0, 0.1) is 5.82 Å². The minimum absolute atomic E-state index is 0.182. The highest BCUT2D eigenvalue weighted by molar-refractivity contribution is 5.28. The van der Waals surface area contributed by atoms with Gasteiger partial charge in [-0.3, -0.25) is 9.67 Å². The highest BCUT2D eigenvalue weighted by Crippen LogP contribution is 2.23. The molecule has 0 amide bonds. The van der Waals surface area contributed by atoms with Gasteiger partial charge in [-0.05, 0) is 19.5 Å². The lowest BCUT2D eigenvalue weighted by Crippen LogP contribution is -2.22. The molecule has 5 heteroatoms. The van der Waals surface area contributed by atoms with Crippen molar-refractivity contribution in [3.63, 3.8) is 0 Å². The molecular formula is C13H17FN4. The van der Waals surface area contributed by atoms with Crippen molar-refractivity contribution in [1.82, 2.24) is 20.1 Å². The zero-order valence-electron chi connectivity index (χ0n) is 10.6. The SMILES string of the molecule is CCNC(c1cnn(CC)c1)c1ccncc1F. The van der Waals surface area contributed by atoms with Crippen LogP contribution in [0.25, 0.3) is 0 Å². The molecule has 96 valence electrons. The summed E-state index contributed by atoms with van der Waals surface area (Å²) in [6, 6.07) is 1.52. The van der Waals surface area contributed by atoms with Crippen molar-refractivity contribution < 1.29 is 4.39 Å². The molecule has 0 aromatic carbocycles. The van der Waals surface area contributed by atoms with Gasteiger partial charge in [0, 0.05) is 30.1 Å². The Labute approximate surface area is 106 Å². The number of hydrogen-bond acceptors (Lipinski definition) is 3. The molecule has 0 aliphatic rings. The maximum atomic E-state index is 13.8. The molecule has 18 heavy (non-hydrogen) atoms. The molecule has 0 aliphatic carbocycles. The molecule has 0 saturated carbocycles. The Bertz CT molecular complexity index is 509. The van der Waals surface area contributed by atoms with Crippen LogP contribution in [0.5, 0.6) is 0 Å². The van der Waals surface area contributed by atoms with Crippen LogP contribution in [0.3, 0.4) is 0 Å². The molecule has 1 unspecified atom stereocenters. The Morgan fingerprint density at radius 2 is 2.22 bits per heavy atom. The van der Waals surface area contributed by atoms with Gasteiger partial charge in [-0.25, -0.2) is 4.39 Å². The number of aryl methyl sites for hydroxylation is 1. The summed E-state index contributed by atoms with van der Waals surface area (Å²) in [6.07, 6.45) is 6.56. The van der Waals surface area contributed by atoms with E-state index in [0.29, 0.717) is 5.56 Å². The van der Waals surface area contributed by atoms with Gasteiger partial charge < -0.3 is 5.32 Å². The van der Waals surface area contributed by atoms with E-state index in [1.54, 1.807) is 18.5 Å². The molecule has 2 aromatic rings. The topological polar surface area (TPSA) is 42.7 Å². The first-order valence-electron chi connectivity index (χ1n) is 6.11. The second-order valence-corrected chi connectivity index (χ2v) is 4.02. The Balaban J connectivity index is 2.36. The Morgan fingerprint density at radius 1 is 1.39 bits per heavy atom. The third kappa shape index (κ3) is 2.56. The number of rotatable bonds is 5. The van der Waals surface area contributed by atoms with Crippen LogP contribution >= 0.6 is 0 Å². The first kappa shape index (κ1) is 12.7. The maximum absolute atomic E-state index is 13.8. The van der Waals surface area contributed by atoms with E-state index in [4.69, 9.17) is 0 Å². The summed E-state index contributed by atoms with van der Waals surface area (Å²) in [6.45, 7) is 5.57. The first-order valence-corrected chi connectivity index (χ1v) is 6.11. The minimum atomic E-state index is -0.298. The largest absolute Gasteiger partial charge is 0.306 e. The van der Waals surface area contributed by atoms with E-state index < -0.39 is 0 Å². The van der Waals surface area contributed by atoms with Gasteiger partial charge >= 0.3 is 0 Å². The van der Waals surface area contributed by atoms with Crippen molar-refractivity contribution in [2.24, 2.45) is 0 Å². The van der Waals surface area contributed by atoms with Crippen molar-refractivity contribution in [2.75, 3.05) is 6.54 Å². The summed E-state index contributed by atoms with van der Waals surface area (Å²) >= 11 is 0. The van der Waals surface area contributed by atoms with Crippen LogP contribution in [0.2, 0.25) is 0 Å². The van der Waals surface area contributed by atoms with E-state index in [2.05, 4.69) is 15.4 Å². The standard InChI is InChI=1S/C13H17FN4/c1-3-16-13(10-7-17-18(4-2)9-10)11-5-6-15-8-12(11)14/h5-9,13,16H,3-4H2,1-2H3. The molecule has 1 N–H and O–H groups in total. The van der Waals surface area contributed by atoms with Gasteiger partial charge in [0.05, 0.1) is 18.4 Å². The zero-order valence-corrected chi connectivity index (χ0v) is 10.6. The van der Waals surface area contributed by atoms with Crippen molar-refractivity contribution in [3.05, 3.63) is 47.8 Å². The van der Waals surface area contributed by atoms with Crippen LogP contribution in [0.1, 0.15) is 31.0 Å². The average molecular weight is 248 g/mol. The minimum Gasteiger partial charge on any atom is -0.306 e. The van der Waals surface area contributed by atoms with Crippen LogP contribution in [0.15, 0.2) is 30.9 Å². The number of hydrogen-bond donors (Lipinski definition) is 1. The van der Waals surface area contributed by atoms with E-state index >= 15 is 0 Å². The smallest absolute Gasteiger partial charge is 0.146 e. The van der Waals surface area contributed by atoms with Crippen LogP contribution < -0.4 is 5.32 Å². The second kappa shape index (κ2) is 5.73. The summed E-state index contributed by atoms with van der Waals surface area (Å²) < 4.78 is 15.6. The second-order valence-electron chi connectivity index (χ2n) is 4.02. The predicted molar refractivity (Wildman–Crippen MR) is 67.6 cm³/mol. The molecule has 2 aromatic heterocycles. The third-order valence-corrected chi connectivity index (χ3v) is 2.83. The van der Waals surface area contributed by atoms with E-state index in [1.807, 2.05) is 24.7 Å². The van der Waals surface area contributed by atoms with Crippen molar-refractivity contribution in [2.45, 2.75) is 26.4 Å². The van der Waals surface area contributed by atoms with Gasteiger partial charge in [0.2, 0.25) is 0 Å².